The largest absolute Gasteiger partial charge is 0.504 e. The van der Waals surface area contributed by atoms with Crippen molar-refractivity contribution in [2.24, 2.45) is 5.92 Å². The summed E-state index contributed by atoms with van der Waals surface area (Å²) in [6.07, 6.45) is 2.94. The number of aromatic hydroxyl groups is 2. The molecule has 5 rings (SSSR count). The van der Waals surface area contributed by atoms with E-state index in [-0.39, 0.29) is 41.7 Å². The third-order valence-electron chi connectivity index (χ3n) is 7.55. The summed E-state index contributed by atoms with van der Waals surface area (Å²) in [6.45, 7) is 2.86. The molecule has 0 amide bonds. The van der Waals surface area contributed by atoms with Crippen molar-refractivity contribution in [1.29, 1.82) is 0 Å². The lowest BCUT2D eigenvalue weighted by Crippen LogP contribution is -2.62. The number of piperidine rings is 1. The van der Waals surface area contributed by atoms with Gasteiger partial charge in [-0.3, -0.25) is 4.79 Å². The number of anilines is 1. The van der Waals surface area contributed by atoms with E-state index in [1.165, 1.54) is 7.11 Å². The molecule has 3 N–H and O–H groups in total. The van der Waals surface area contributed by atoms with Gasteiger partial charge in [0, 0.05) is 35.0 Å². The molecule has 0 aromatic heterocycles. The van der Waals surface area contributed by atoms with E-state index in [1.54, 1.807) is 6.07 Å². The third-order valence-corrected chi connectivity index (χ3v) is 7.55. The van der Waals surface area contributed by atoms with Gasteiger partial charge < -0.3 is 25.2 Å². The van der Waals surface area contributed by atoms with Gasteiger partial charge in [-0.2, -0.15) is 0 Å². The third kappa shape index (κ3) is 2.78. The Morgan fingerprint density at radius 3 is 2.71 bits per heavy atom. The molecular weight excluding hydrogens is 392 g/mol. The molecule has 1 saturated heterocycles. The molecule has 1 heterocycles. The van der Waals surface area contributed by atoms with Crippen LogP contribution in [0.4, 0.5) is 5.69 Å². The standard InChI is InChI=1S/C25H28N2O4/c1-14-6-4-5-7-17(14)26-22-15-8-9-18(28)24(30)21(15)25-10-11-27(2)23(22)16(25)12-20(31-3)19(29)13-25/h4-9,12,16,22-23,26,28,30H,10-11,13H2,1-3H3/t16?,22-,23-,25-/m1/s1. The molecule has 0 spiro atoms. The minimum Gasteiger partial charge on any atom is -0.504 e. The average Bonchev–Trinajstić information content (AvgIpc) is 2.75. The van der Waals surface area contributed by atoms with E-state index in [0.717, 1.165) is 29.8 Å². The van der Waals surface area contributed by atoms with Gasteiger partial charge in [-0.15, -0.1) is 0 Å². The summed E-state index contributed by atoms with van der Waals surface area (Å²) < 4.78 is 5.42. The first-order valence-electron chi connectivity index (χ1n) is 10.7. The molecule has 1 fully saturated rings. The fourth-order valence-electron chi connectivity index (χ4n) is 6.04. The van der Waals surface area contributed by atoms with Crippen LogP contribution in [0.2, 0.25) is 0 Å². The van der Waals surface area contributed by atoms with E-state index in [9.17, 15) is 15.0 Å². The predicted molar refractivity (Wildman–Crippen MR) is 118 cm³/mol. The number of phenolic OH excluding ortho intramolecular Hbond substituents is 2. The van der Waals surface area contributed by atoms with Gasteiger partial charge >= 0.3 is 0 Å². The van der Waals surface area contributed by atoms with Crippen LogP contribution in [0.5, 0.6) is 11.5 Å². The number of carbonyl (C=O) groups excluding carboxylic acids is 1. The monoisotopic (exact) mass is 420 g/mol. The fourth-order valence-corrected chi connectivity index (χ4v) is 6.04. The molecule has 2 aromatic carbocycles. The Hall–Kier alpha value is -2.99. The summed E-state index contributed by atoms with van der Waals surface area (Å²) in [4.78, 5) is 15.3. The maximum absolute atomic E-state index is 12.9. The van der Waals surface area contributed by atoms with Crippen LogP contribution in [-0.4, -0.2) is 47.6 Å². The highest BCUT2D eigenvalue weighted by molar-refractivity contribution is 5.96. The fraction of sp³-hybridized carbons (Fsp3) is 0.400. The van der Waals surface area contributed by atoms with Crippen LogP contribution in [0, 0.1) is 12.8 Å². The first-order chi connectivity index (χ1) is 14.9. The molecule has 3 aliphatic rings. The average molecular weight is 421 g/mol. The number of methoxy groups -OCH3 is 1. The van der Waals surface area contributed by atoms with E-state index in [4.69, 9.17) is 4.74 Å². The van der Waals surface area contributed by atoms with Crippen LogP contribution in [0.15, 0.2) is 48.2 Å². The number of rotatable bonds is 3. The number of nitrogens with zero attached hydrogens (tertiary/aromatic N) is 1. The van der Waals surface area contributed by atoms with Crippen molar-refractivity contribution in [2.75, 3.05) is 26.0 Å². The number of hydrogen-bond acceptors (Lipinski definition) is 6. The highest BCUT2D eigenvalue weighted by atomic mass is 16.5. The van der Waals surface area contributed by atoms with E-state index in [2.05, 4.69) is 36.3 Å². The summed E-state index contributed by atoms with van der Waals surface area (Å²) >= 11 is 0. The number of hydrogen-bond donors (Lipinski definition) is 3. The van der Waals surface area contributed by atoms with Crippen molar-refractivity contribution in [3.05, 3.63) is 64.9 Å². The van der Waals surface area contributed by atoms with Crippen LogP contribution in [0.1, 0.15) is 35.6 Å². The van der Waals surface area contributed by atoms with Crippen molar-refractivity contribution in [2.45, 2.75) is 37.3 Å². The number of likely N-dealkylation sites (N-methyl/N-ethyl adjacent to an activating group) is 1. The van der Waals surface area contributed by atoms with Gasteiger partial charge in [-0.05, 0) is 56.3 Å². The lowest BCUT2D eigenvalue weighted by atomic mass is 9.52. The molecule has 6 heteroatoms. The molecule has 1 unspecified atom stereocenters. The smallest absolute Gasteiger partial charge is 0.197 e. The number of Topliss-reactive ketones (excluding diaryl/α,β-unsaturated/α-hetero) is 1. The van der Waals surface area contributed by atoms with Gasteiger partial charge in [0.25, 0.3) is 0 Å². The molecule has 0 radical (unpaired) electrons. The van der Waals surface area contributed by atoms with Crippen molar-refractivity contribution in [3.8, 4) is 11.5 Å². The van der Waals surface area contributed by atoms with Crippen LogP contribution in [-0.2, 0) is 14.9 Å². The predicted octanol–water partition coefficient (Wildman–Crippen LogP) is 3.63. The second-order valence-corrected chi connectivity index (χ2v) is 9.07. The van der Waals surface area contributed by atoms with E-state index >= 15 is 0 Å². The highest BCUT2D eigenvalue weighted by Gasteiger charge is 2.59. The lowest BCUT2D eigenvalue weighted by molar-refractivity contribution is -0.123. The quantitative estimate of drug-likeness (QED) is 0.658. The van der Waals surface area contributed by atoms with Crippen molar-refractivity contribution in [3.63, 3.8) is 0 Å². The summed E-state index contributed by atoms with van der Waals surface area (Å²) in [7, 11) is 3.65. The molecule has 4 atom stereocenters. The number of ether oxygens (including phenoxy) is 1. The zero-order valence-corrected chi connectivity index (χ0v) is 18.1. The number of ketones is 1. The normalized spacial score (nSPS) is 29.6. The number of aryl methyl sites for hydroxylation is 1. The molecule has 31 heavy (non-hydrogen) atoms. The van der Waals surface area contributed by atoms with E-state index in [1.807, 2.05) is 24.3 Å². The first-order valence-corrected chi connectivity index (χ1v) is 10.7. The molecule has 2 aliphatic carbocycles. The van der Waals surface area contributed by atoms with Crippen LogP contribution >= 0.6 is 0 Å². The number of para-hydroxylation sites is 1. The number of phenols is 2. The van der Waals surface area contributed by atoms with E-state index in [0.29, 0.717) is 11.3 Å². The van der Waals surface area contributed by atoms with E-state index < -0.39 is 5.41 Å². The first kappa shape index (κ1) is 19.9. The highest BCUT2D eigenvalue weighted by Crippen LogP contribution is 2.60. The summed E-state index contributed by atoms with van der Waals surface area (Å²) in [5.74, 6) is 0.0392. The molecule has 162 valence electrons. The minimum atomic E-state index is -0.557. The summed E-state index contributed by atoms with van der Waals surface area (Å²) in [5, 5.41) is 25.2. The Balaban J connectivity index is 1.76. The number of allylic oxidation sites excluding steroid dienone is 1. The SMILES string of the molecule is COC1=CC2[C@@H]3[C@H](Nc4ccccc4C)c4ccc(O)c(O)c4[C@]2(CCN3C)CC1=O. The second kappa shape index (κ2) is 7.02. The second-order valence-electron chi connectivity index (χ2n) is 9.07. The molecular formula is C25H28N2O4. The molecule has 6 nitrogen and oxygen atoms in total. The molecule has 2 aromatic rings. The Bertz CT molecular complexity index is 1090. The molecule has 0 saturated carbocycles. The zero-order valence-electron chi connectivity index (χ0n) is 18.1. The molecule has 1 aliphatic heterocycles. The van der Waals surface area contributed by atoms with Gasteiger partial charge in [-0.1, -0.05) is 24.3 Å². The van der Waals surface area contributed by atoms with Gasteiger partial charge in [-0.25, -0.2) is 0 Å². The Morgan fingerprint density at radius 1 is 1.19 bits per heavy atom. The van der Waals surface area contributed by atoms with Gasteiger partial charge in [0.2, 0.25) is 0 Å². The van der Waals surface area contributed by atoms with Crippen LogP contribution in [0.25, 0.3) is 0 Å². The van der Waals surface area contributed by atoms with Crippen molar-refractivity contribution >= 4 is 11.5 Å². The zero-order chi connectivity index (χ0) is 21.9. The van der Waals surface area contributed by atoms with Gasteiger partial charge in [0.05, 0.1) is 13.2 Å². The summed E-state index contributed by atoms with van der Waals surface area (Å²) in [6, 6.07) is 11.5. The minimum absolute atomic E-state index is 0.0411. The Labute approximate surface area is 182 Å². The number of benzene rings is 2. The lowest BCUT2D eigenvalue weighted by Gasteiger charge is -2.59. The van der Waals surface area contributed by atoms with Crippen molar-refractivity contribution in [1.82, 2.24) is 4.90 Å². The van der Waals surface area contributed by atoms with Crippen LogP contribution in [0.3, 0.4) is 0 Å². The Kier molecular flexibility index (Phi) is 4.52. The maximum atomic E-state index is 12.9. The van der Waals surface area contributed by atoms with Gasteiger partial charge in [0.15, 0.2) is 23.0 Å². The number of nitrogens with one attached hydrogen (secondary N) is 1. The van der Waals surface area contributed by atoms with Crippen LogP contribution < -0.4 is 5.32 Å². The maximum Gasteiger partial charge on any atom is 0.197 e. The molecule has 2 bridgehead atoms. The van der Waals surface area contributed by atoms with Crippen molar-refractivity contribution < 1.29 is 19.7 Å². The Morgan fingerprint density at radius 2 is 1.97 bits per heavy atom. The topological polar surface area (TPSA) is 82.0 Å². The summed E-state index contributed by atoms with van der Waals surface area (Å²) in [5.41, 5.74) is 3.24. The number of likely N-dealkylation sites (tertiary alicyclic amines) is 1. The number of carbonyl (C=O) groups is 1. The van der Waals surface area contributed by atoms with Gasteiger partial charge in [0.1, 0.15) is 0 Å². The number of fused-ring (bicyclic) bond motifs is 1.